The zero-order chi connectivity index (χ0) is 14.3. The Morgan fingerprint density at radius 1 is 1.50 bits per heavy atom. The number of nitrogens with one attached hydrogen (secondary N) is 2. The van der Waals surface area contributed by atoms with E-state index < -0.39 is 0 Å². The Morgan fingerprint density at radius 3 is 2.90 bits per heavy atom. The summed E-state index contributed by atoms with van der Waals surface area (Å²) in [5.41, 5.74) is 1.74. The molecule has 0 radical (unpaired) electrons. The second-order valence-electron chi connectivity index (χ2n) is 5.48. The monoisotopic (exact) mass is 336 g/mol. The van der Waals surface area contributed by atoms with Crippen molar-refractivity contribution in [1.29, 1.82) is 0 Å². The van der Waals surface area contributed by atoms with Crippen LogP contribution in [-0.4, -0.2) is 20.7 Å². The van der Waals surface area contributed by atoms with Crippen molar-refractivity contribution in [1.82, 2.24) is 14.8 Å². The lowest BCUT2D eigenvalue weighted by Crippen LogP contribution is -2.17. The molecule has 0 aromatic carbocycles. The number of hydrogen-bond donors (Lipinski definition) is 2. The van der Waals surface area contributed by atoms with Gasteiger partial charge in [0.05, 0.1) is 0 Å². The number of H-pyrrole nitrogens is 1. The highest BCUT2D eigenvalue weighted by molar-refractivity contribution is 9.10. The van der Waals surface area contributed by atoms with E-state index in [9.17, 15) is 4.79 Å². The van der Waals surface area contributed by atoms with Gasteiger partial charge in [-0.15, -0.1) is 0 Å². The van der Waals surface area contributed by atoms with Crippen LogP contribution in [0.15, 0.2) is 22.8 Å². The van der Waals surface area contributed by atoms with Gasteiger partial charge >= 0.3 is 0 Å². The molecule has 1 amide bonds. The van der Waals surface area contributed by atoms with Gasteiger partial charge in [0.1, 0.15) is 5.69 Å². The number of carbonyl (C=O) groups excluding carboxylic acids is 1. The maximum atomic E-state index is 12.3. The summed E-state index contributed by atoms with van der Waals surface area (Å²) in [6.07, 6.45) is 4.33. The molecule has 2 heterocycles. The van der Waals surface area contributed by atoms with Crippen molar-refractivity contribution in [2.45, 2.75) is 38.6 Å². The highest BCUT2D eigenvalue weighted by Crippen LogP contribution is 2.39. The fraction of sp³-hybridized carbons (Fsp3) is 0.429. The molecule has 106 valence electrons. The zero-order valence-corrected chi connectivity index (χ0v) is 13.1. The highest BCUT2D eigenvalue weighted by atomic mass is 79.9. The molecule has 0 aliphatic heterocycles. The van der Waals surface area contributed by atoms with Gasteiger partial charge < -0.3 is 9.88 Å². The topological polar surface area (TPSA) is 62.7 Å². The van der Waals surface area contributed by atoms with E-state index in [1.165, 1.54) is 12.8 Å². The van der Waals surface area contributed by atoms with E-state index in [4.69, 9.17) is 0 Å². The Balaban J connectivity index is 1.78. The van der Waals surface area contributed by atoms with Crippen LogP contribution < -0.4 is 5.32 Å². The van der Waals surface area contributed by atoms with Crippen LogP contribution in [0.1, 0.15) is 54.8 Å². The standard InChI is InChI=1S/C14H17BrN4O/c1-8(2)19-7-10(15)5-12(19)14(20)16-13-6-11(17-18-13)9-3-4-9/h5-9H,3-4H2,1-2H3,(H2,16,17,18,20). The molecule has 1 saturated carbocycles. The third-order valence-corrected chi connectivity index (χ3v) is 3.89. The van der Waals surface area contributed by atoms with E-state index >= 15 is 0 Å². The average Bonchev–Trinajstić information content (AvgIpc) is 3.01. The Labute approximate surface area is 125 Å². The number of carbonyl (C=O) groups is 1. The number of anilines is 1. The Bertz CT molecular complexity index is 639. The third-order valence-electron chi connectivity index (χ3n) is 3.46. The molecule has 1 aliphatic carbocycles. The average molecular weight is 337 g/mol. The zero-order valence-electron chi connectivity index (χ0n) is 11.5. The predicted molar refractivity (Wildman–Crippen MR) is 81.0 cm³/mol. The maximum Gasteiger partial charge on any atom is 0.273 e. The Kier molecular flexibility index (Phi) is 3.41. The van der Waals surface area contributed by atoms with Crippen molar-refractivity contribution >= 4 is 27.7 Å². The quantitative estimate of drug-likeness (QED) is 0.894. The first-order chi connectivity index (χ1) is 9.54. The number of nitrogens with zero attached hydrogens (tertiary/aromatic N) is 2. The molecule has 0 saturated heterocycles. The van der Waals surface area contributed by atoms with Gasteiger partial charge in [0.25, 0.3) is 5.91 Å². The van der Waals surface area contributed by atoms with Gasteiger partial charge in [-0.3, -0.25) is 9.89 Å². The molecular weight excluding hydrogens is 320 g/mol. The lowest BCUT2D eigenvalue weighted by atomic mass is 10.3. The first-order valence-corrected chi connectivity index (χ1v) is 7.58. The maximum absolute atomic E-state index is 12.3. The van der Waals surface area contributed by atoms with Gasteiger partial charge in [0, 0.05) is 34.4 Å². The summed E-state index contributed by atoms with van der Waals surface area (Å²) in [5, 5.41) is 9.98. The number of halogens is 1. The number of amides is 1. The minimum atomic E-state index is -0.141. The minimum Gasteiger partial charge on any atom is -0.340 e. The fourth-order valence-electron chi connectivity index (χ4n) is 2.24. The molecule has 0 atom stereocenters. The molecule has 2 aromatic heterocycles. The van der Waals surface area contributed by atoms with Crippen molar-refractivity contribution in [3.05, 3.63) is 34.2 Å². The normalized spacial score (nSPS) is 14.8. The number of hydrogen-bond acceptors (Lipinski definition) is 2. The van der Waals surface area contributed by atoms with E-state index in [2.05, 4.69) is 31.4 Å². The van der Waals surface area contributed by atoms with Crippen LogP contribution >= 0.6 is 15.9 Å². The van der Waals surface area contributed by atoms with Crippen molar-refractivity contribution < 1.29 is 4.79 Å². The molecule has 2 aromatic rings. The molecule has 20 heavy (non-hydrogen) atoms. The third kappa shape index (κ3) is 2.65. The van der Waals surface area contributed by atoms with E-state index in [-0.39, 0.29) is 11.9 Å². The van der Waals surface area contributed by atoms with Gasteiger partial charge in [-0.25, -0.2) is 0 Å². The molecule has 0 bridgehead atoms. The molecule has 5 nitrogen and oxygen atoms in total. The number of rotatable bonds is 4. The predicted octanol–water partition coefficient (Wildman–Crippen LogP) is 3.68. The molecule has 2 N–H and O–H groups in total. The second kappa shape index (κ2) is 5.09. The van der Waals surface area contributed by atoms with Crippen LogP contribution in [0.25, 0.3) is 0 Å². The molecule has 3 rings (SSSR count). The van der Waals surface area contributed by atoms with Crippen molar-refractivity contribution in [2.24, 2.45) is 0 Å². The van der Waals surface area contributed by atoms with Gasteiger partial charge in [0.15, 0.2) is 5.82 Å². The van der Waals surface area contributed by atoms with E-state index in [0.29, 0.717) is 17.4 Å². The fourth-order valence-corrected chi connectivity index (χ4v) is 2.68. The van der Waals surface area contributed by atoms with Crippen LogP contribution in [-0.2, 0) is 0 Å². The molecule has 1 fully saturated rings. The molecular formula is C14H17BrN4O. The highest BCUT2D eigenvalue weighted by Gasteiger charge is 2.26. The Morgan fingerprint density at radius 2 is 2.25 bits per heavy atom. The summed E-state index contributed by atoms with van der Waals surface area (Å²) in [7, 11) is 0. The van der Waals surface area contributed by atoms with Crippen LogP contribution in [0.3, 0.4) is 0 Å². The summed E-state index contributed by atoms with van der Waals surface area (Å²) in [6, 6.07) is 3.97. The number of aromatic nitrogens is 3. The van der Waals surface area contributed by atoms with Crippen molar-refractivity contribution in [3.63, 3.8) is 0 Å². The molecule has 6 heteroatoms. The van der Waals surface area contributed by atoms with Crippen molar-refractivity contribution in [2.75, 3.05) is 5.32 Å². The molecule has 0 unspecified atom stereocenters. The second-order valence-corrected chi connectivity index (χ2v) is 6.40. The van der Waals surface area contributed by atoms with Crippen LogP contribution in [0.4, 0.5) is 5.82 Å². The van der Waals surface area contributed by atoms with Gasteiger partial charge in [-0.1, -0.05) is 0 Å². The van der Waals surface area contributed by atoms with E-state index in [1.807, 2.05) is 36.7 Å². The van der Waals surface area contributed by atoms with Crippen LogP contribution in [0.5, 0.6) is 0 Å². The van der Waals surface area contributed by atoms with Gasteiger partial charge in [-0.2, -0.15) is 5.10 Å². The largest absolute Gasteiger partial charge is 0.340 e. The molecule has 0 spiro atoms. The summed E-state index contributed by atoms with van der Waals surface area (Å²) in [4.78, 5) is 12.3. The van der Waals surface area contributed by atoms with Crippen molar-refractivity contribution in [3.8, 4) is 0 Å². The lowest BCUT2D eigenvalue weighted by Gasteiger charge is -2.11. The number of aromatic amines is 1. The smallest absolute Gasteiger partial charge is 0.273 e. The van der Waals surface area contributed by atoms with Crippen LogP contribution in [0, 0.1) is 0 Å². The van der Waals surface area contributed by atoms with E-state index in [1.54, 1.807) is 0 Å². The van der Waals surface area contributed by atoms with Crippen LogP contribution in [0.2, 0.25) is 0 Å². The van der Waals surface area contributed by atoms with Gasteiger partial charge in [-0.05, 0) is 48.7 Å². The minimum absolute atomic E-state index is 0.141. The first-order valence-electron chi connectivity index (χ1n) is 6.78. The SMILES string of the molecule is CC(C)n1cc(Br)cc1C(=O)Nc1cc(C2CC2)[nH]n1. The summed E-state index contributed by atoms with van der Waals surface area (Å²) in [6.45, 7) is 4.09. The first kappa shape index (κ1) is 13.4. The summed E-state index contributed by atoms with van der Waals surface area (Å²) in [5.74, 6) is 1.05. The molecule has 1 aliphatic rings. The summed E-state index contributed by atoms with van der Waals surface area (Å²) < 4.78 is 2.84. The van der Waals surface area contributed by atoms with E-state index in [0.717, 1.165) is 10.2 Å². The lowest BCUT2D eigenvalue weighted by molar-refractivity contribution is 0.101. The summed E-state index contributed by atoms with van der Waals surface area (Å²) >= 11 is 3.41. The van der Waals surface area contributed by atoms with Gasteiger partial charge in [0.2, 0.25) is 0 Å². The Hall–Kier alpha value is -1.56.